The maximum absolute atomic E-state index is 11.3. The molecule has 1 unspecified atom stereocenters. The van der Waals surface area contributed by atoms with Gasteiger partial charge in [-0.1, -0.05) is 53.6 Å². The number of carbonyl (C=O) groups excluding carboxylic acids is 1. The second-order valence-corrected chi connectivity index (χ2v) is 4.93. The van der Waals surface area contributed by atoms with Crippen molar-refractivity contribution in [2.24, 2.45) is 0 Å². The highest BCUT2D eigenvalue weighted by atomic mass is 35.5. The molecule has 0 spiro atoms. The normalized spacial score (nSPS) is 12.1. The molecule has 0 amide bonds. The van der Waals surface area contributed by atoms with Crippen LogP contribution in [0.2, 0.25) is 5.02 Å². The van der Waals surface area contributed by atoms with Crippen molar-refractivity contribution >= 4 is 17.9 Å². The van der Waals surface area contributed by atoms with E-state index in [1.54, 1.807) is 0 Å². The van der Waals surface area contributed by atoms with Crippen molar-refractivity contribution in [3.8, 4) is 0 Å². The number of aldehydes is 1. The molecule has 92 valence electrons. The van der Waals surface area contributed by atoms with Crippen LogP contribution in [0.15, 0.2) is 48.5 Å². The molecule has 2 aromatic rings. The summed E-state index contributed by atoms with van der Waals surface area (Å²) in [5, 5.41) is 0.670. The van der Waals surface area contributed by atoms with Crippen LogP contribution in [0, 0.1) is 6.92 Å². The summed E-state index contributed by atoms with van der Waals surface area (Å²) in [7, 11) is 0. The van der Waals surface area contributed by atoms with Crippen molar-refractivity contribution in [2.45, 2.75) is 19.3 Å². The topological polar surface area (TPSA) is 17.1 Å². The van der Waals surface area contributed by atoms with Gasteiger partial charge in [0.15, 0.2) is 0 Å². The average Bonchev–Trinajstić information content (AvgIpc) is 2.36. The molecule has 0 bridgehead atoms. The van der Waals surface area contributed by atoms with E-state index < -0.39 is 0 Å². The zero-order valence-corrected chi connectivity index (χ0v) is 11.0. The van der Waals surface area contributed by atoms with Gasteiger partial charge in [0.1, 0.15) is 6.29 Å². The highest BCUT2D eigenvalue weighted by Gasteiger charge is 2.11. The molecule has 1 atom stereocenters. The molecule has 0 aliphatic carbocycles. The minimum Gasteiger partial charge on any atom is -0.303 e. The third kappa shape index (κ3) is 3.21. The average molecular weight is 259 g/mol. The predicted octanol–water partition coefficient (Wildman–Crippen LogP) is 4.17. The Morgan fingerprint density at radius 1 is 1.17 bits per heavy atom. The molecule has 0 N–H and O–H groups in total. The molecule has 0 aliphatic rings. The molecule has 0 saturated heterocycles. The molecule has 0 fully saturated rings. The number of halogens is 1. The Morgan fingerprint density at radius 3 is 2.61 bits per heavy atom. The number of hydrogen-bond acceptors (Lipinski definition) is 1. The second kappa shape index (κ2) is 5.83. The van der Waals surface area contributed by atoms with Crippen molar-refractivity contribution in [1.82, 2.24) is 0 Å². The Labute approximate surface area is 112 Å². The minimum atomic E-state index is -0.134. The maximum atomic E-state index is 11.3. The van der Waals surface area contributed by atoms with Crippen LogP contribution in [-0.2, 0) is 11.2 Å². The summed E-state index contributed by atoms with van der Waals surface area (Å²) < 4.78 is 0. The summed E-state index contributed by atoms with van der Waals surface area (Å²) in [6.45, 7) is 2.05. The summed E-state index contributed by atoms with van der Waals surface area (Å²) in [5.74, 6) is -0.134. The quantitative estimate of drug-likeness (QED) is 0.752. The fourth-order valence-electron chi connectivity index (χ4n) is 2.07. The van der Waals surface area contributed by atoms with Gasteiger partial charge in [-0.3, -0.25) is 0 Å². The van der Waals surface area contributed by atoms with Gasteiger partial charge < -0.3 is 4.79 Å². The number of hydrogen-bond donors (Lipinski definition) is 0. The van der Waals surface area contributed by atoms with Crippen LogP contribution in [0.25, 0.3) is 0 Å². The second-order valence-electron chi connectivity index (χ2n) is 4.49. The van der Waals surface area contributed by atoms with Crippen LogP contribution in [0.5, 0.6) is 0 Å². The largest absolute Gasteiger partial charge is 0.303 e. The van der Waals surface area contributed by atoms with E-state index in [-0.39, 0.29) is 5.92 Å². The van der Waals surface area contributed by atoms with E-state index in [9.17, 15) is 4.79 Å². The standard InChI is InChI=1S/C16H15ClO/c1-12-4-2-5-13(8-12)9-15(11-18)14-6-3-7-16(17)10-14/h2-8,10-11,15H,9H2,1H3. The molecule has 0 radical (unpaired) electrons. The molecule has 2 aromatic carbocycles. The zero-order chi connectivity index (χ0) is 13.0. The maximum Gasteiger partial charge on any atom is 0.127 e. The first-order valence-corrected chi connectivity index (χ1v) is 6.33. The van der Waals surface area contributed by atoms with Crippen LogP contribution >= 0.6 is 11.6 Å². The van der Waals surface area contributed by atoms with Gasteiger partial charge in [-0.15, -0.1) is 0 Å². The minimum absolute atomic E-state index is 0.134. The van der Waals surface area contributed by atoms with Gasteiger partial charge in [0, 0.05) is 10.9 Å². The number of benzene rings is 2. The van der Waals surface area contributed by atoms with Crippen LogP contribution in [0.3, 0.4) is 0 Å². The van der Waals surface area contributed by atoms with Crippen LogP contribution in [-0.4, -0.2) is 6.29 Å². The van der Waals surface area contributed by atoms with E-state index in [0.717, 1.165) is 11.8 Å². The zero-order valence-electron chi connectivity index (χ0n) is 10.3. The fraction of sp³-hybridized carbons (Fsp3) is 0.188. The van der Waals surface area contributed by atoms with Crippen molar-refractivity contribution < 1.29 is 4.79 Å². The summed E-state index contributed by atoms with van der Waals surface area (Å²) >= 11 is 5.96. The molecule has 2 rings (SSSR count). The van der Waals surface area contributed by atoms with E-state index in [1.165, 1.54) is 11.1 Å². The molecular formula is C16H15ClO. The summed E-state index contributed by atoms with van der Waals surface area (Å²) in [4.78, 5) is 11.3. The van der Waals surface area contributed by atoms with E-state index in [0.29, 0.717) is 11.4 Å². The predicted molar refractivity (Wildman–Crippen MR) is 75.1 cm³/mol. The number of rotatable bonds is 4. The number of aryl methyl sites for hydroxylation is 1. The van der Waals surface area contributed by atoms with Gasteiger partial charge in [-0.05, 0) is 36.6 Å². The lowest BCUT2D eigenvalue weighted by atomic mass is 9.93. The van der Waals surface area contributed by atoms with Crippen LogP contribution in [0.4, 0.5) is 0 Å². The van der Waals surface area contributed by atoms with Gasteiger partial charge in [0.25, 0.3) is 0 Å². The van der Waals surface area contributed by atoms with E-state index in [1.807, 2.05) is 36.4 Å². The smallest absolute Gasteiger partial charge is 0.127 e. The molecule has 0 aliphatic heterocycles. The van der Waals surface area contributed by atoms with Gasteiger partial charge in [-0.2, -0.15) is 0 Å². The SMILES string of the molecule is Cc1cccc(CC(C=O)c2cccc(Cl)c2)c1. The third-order valence-electron chi connectivity index (χ3n) is 2.98. The van der Waals surface area contributed by atoms with Crippen LogP contribution in [0.1, 0.15) is 22.6 Å². The lowest BCUT2D eigenvalue weighted by Gasteiger charge is -2.11. The highest BCUT2D eigenvalue weighted by molar-refractivity contribution is 6.30. The first kappa shape index (κ1) is 12.8. The fourth-order valence-corrected chi connectivity index (χ4v) is 2.27. The Bertz CT molecular complexity index is 548. The van der Waals surface area contributed by atoms with Crippen LogP contribution < -0.4 is 0 Å². The van der Waals surface area contributed by atoms with E-state index >= 15 is 0 Å². The third-order valence-corrected chi connectivity index (χ3v) is 3.21. The Morgan fingerprint density at radius 2 is 1.94 bits per heavy atom. The molecule has 0 saturated carbocycles. The Balaban J connectivity index is 2.22. The molecule has 0 aromatic heterocycles. The lowest BCUT2D eigenvalue weighted by molar-refractivity contribution is -0.109. The number of carbonyl (C=O) groups is 1. The molecular weight excluding hydrogens is 244 g/mol. The van der Waals surface area contributed by atoms with Gasteiger partial charge in [0.2, 0.25) is 0 Å². The van der Waals surface area contributed by atoms with Crippen molar-refractivity contribution in [1.29, 1.82) is 0 Å². The Kier molecular flexibility index (Phi) is 4.16. The Hall–Kier alpha value is -1.60. The first-order chi connectivity index (χ1) is 8.69. The summed E-state index contributed by atoms with van der Waals surface area (Å²) in [6.07, 6.45) is 1.71. The molecule has 0 heterocycles. The monoisotopic (exact) mass is 258 g/mol. The molecule has 2 heteroatoms. The first-order valence-electron chi connectivity index (χ1n) is 5.95. The summed E-state index contributed by atoms with van der Waals surface area (Å²) in [5.41, 5.74) is 3.36. The van der Waals surface area contributed by atoms with E-state index in [2.05, 4.69) is 19.1 Å². The van der Waals surface area contributed by atoms with Crippen molar-refractivity contribution in [2.75, 3.05) is 0 Å². The van der Waals surface area contributed by atoms with Gasteiger partial charge in [0.05, 0.1) is 0 Å². The van der Waals surface area contributed by atoms with Crippen molar-refractivity contribution in [3.05, 3.63) is 70.2 Å². The van der Waals surface area contributed by atoms with Gasteiger partial charge >= 0.3 is 0 Å². The highest BCUT2D eigenvalue weighted by Crippen LogP contribution is 2.22. The lowest BCUT2D eigenvalue weighted by Crippen LogP contribution is -2.04. The molecule has 1 nitrogen and oxygen atoms in total. The molecule has 18 heavy (non-hydrogen) atoms. The van der Waals surface area contributed by atoms with Gasteiger partial charge in [-0.25, -0.2) is 0 Å². The summed E-state index contributed by atoms with van der Waals surface area (Å²) in [6, 6.07) is 15.7. The van der Waals surface area contributed by atoms with Crippen molar-refractivity contribution in [3.63, 3.8) is 0 Å². The van der Waals surface area contributed by atoms with E-state index in [4.69, 9.17) is 11.6 Å².